The zero-order valence-electron chi connectivity index (χ0n) is 11.6. The van der Waals surface area contributed by atoms with Crippen LogP contribution in [0.3, 0.4) is 0 Å². The number of rotatable bonds is 5. The highest BCUT2D eigenvalue weighted by atomic mass is 16.2. The second-order valence-electron chi connectivity index (χ2n) is 5.65. The fraction of sp³-hybridized carbons (Fsp3) is 0.786. The maximum Gasteiger partial charge on any atom is 0.246 e. The van der Waals surface area contributed by atoms with Gasteiger partial charge < -0.3 is 10.2 Å². The second-order valence-corrected chi connectivity index (χ2v) is 5.65. The quantitative estimate of drug-likeness (QED) is 0.745. The molecule has 3 nitrogen and oxygen atoms in total. The average Bonchev–Trinajstić information content (AvgIpc) is 2.67. The fourth-order valence-electron chi connectivity index (χ4n) is 2.21. The molecule has 0 bridgehead atoms. The summed E-state index contributed by atoms with van der Waals surface area (Å²) < 4.78 is 0. The van der Waals surface area contributed by atoms with E-state index in [1.807, 2.05) is 18.7 Å². The van der Waals surface area contributed by atoms with E-state index in [1.54, 1.807) is 6.08 Å². The van der Waals surface area contributed by atoms with Gasteiger partial charge in [-0.3, -0.25) is 4.79 Å². The summed E-state index contributed by atoms with van der Waals surface area (Å²) in [6.45, 7) is 11.0. The molecule has 1 aliphatic rings. The number of hydrogen-bond acceptors (Lipinski definition) is 2. The van der Waals surface area contributed by atoms with Crippen molar-refractivity contribution in [2.75, 3.05) is 19.6 Å². The van der Waals surface area contributed by atoms with Crippen LogP contribution in [0.5, 0.6) is 0 Å². The largest absolute Gasteiger partial charge is 0.337 e. The van der Waals surface area contributed by atoms with E-state index in [9.17, 15) is 4.79 Å². The van der Waals surface area contributed by atoms with Crippen LogP contribution >= 0.6 is 0 Å². The monoisotopic (exact) mass is 238 g/mol. The highest BCUT2D eigenvalue weighted by Gasteiger charge is 2.20. The van der Waals surface area contributed by atoms with Gasteiger partial charge in [-0.15, -0.1) is 0 Å². The van der Waals surface area contributed by atoms with Crippen molar-refractivity contribution < 1.29 is 4.79 Å². The van der Waals surface area contributed by atoms with Gasteiger partial charge in [0.25, 0.3) is 0 Å². The third-order valence-corrected chi connectivity index (χ3v) is 2.91. The van der Waals surface area contributed by atoms with Crippen LogP contribution in [0.4, 0.5) is 0 Å². The van der Waals surface area contributed by atoms with Gasteiger partial charge in [0.05, 0.1) is 0 Å². The summed E-state index contributed by atoms with van der Waals surface area (Å²) in [5.74, 6) is 0.679. The van der Waals surface area contributed by atoms with Gasteiger partial charge in [0, 0.05) is 25.2 Å². The Labute approximate surface area is 105 Å². The van der Waals surface area contributed by atoms with Gasteiger partial charge in [0.15, 0.2) is 0 Å². The number of carbonyl (C=O) groups is 1. The van der Waals surface area contributed by atoms with Crippen molar-refractivity contribution >= 4 is 5.91 Å². The van der Waals surface area contributed by atoms with Gasteiger partial charge in [0.1, 0.15) is 0 Å². The normalized spacial score (nSPS) is 19.5. The van der Waals surface area contributed by atoms with Crippen LogP contribution in [0, 0.1) is 5.92 Å². The maximum atomic E-state index is 12.1. The number of hydrogen-bond donors (Lipinski definition) is 1. The minimum absolute atomic E-state index is 0.160. The highest BCUT2D eigenvalue weighted by Crippen LogP contribution is 2.10. The van der Waals surface area contributed by atoms with Crippen LogP contribution < -0.4 is 5.32 Å². The van der Waals surface area contributed by atoms with Crippen LogP contribution in [0.15, 0.2) is 11.6 Å². The number of nitrogens with zero attached hydrogens (tertiary/aromatic N) is 1. The Morgan fingerprint density at radius 1 is 1.47 bits per heavy atom. The van der Waals surface area contributed by atoms with Crippen molar-refractivity contribution in [3.63, 3.8) is 0 Å². The van der Waals surface area contributed by atoms with E-state index >= 15 is 0 Å². The molecule has 1 rings (SSSR count). The van der Waals surface area contributed by atoms with E-state index in [1.165, 1.54) is 12.8 Å². The SMILES string of the molecule is CC(C)=CC(=O)N(CC(C)C)CC1CCCN1. The number of carbonyl (C=O) groups excluding carboxylic acids is 1. The lowest BCUT2D eigenvalue weighted by atomic mass is 10.1. The molecule has 0 aromatic rings. The zero-order chi connectivity index (χ0) is 12.8. The highest BCUT2D eigenvalue weighted by molar-refractivity contribution is 5.88. The molecule has 17 heavy (non-hydrogen) atoms. The Bertz CT molecular complexity index is 274. The number of allylic oxidation sites excluding steroid dienone is 1. The third-order valence-electron chi connectivity index (χ3n) is 2.91. The van der Waals surface area contributed by atoms with E-state index in [4.69, 9.17) is 0 Å². The molecule has 1 amide bonds. The molecular weight excluding hydrogens is 212 g/mol. The Hall–Kier alpha value is -0.830. The Kier molecular flexibility index (Phi) is 5.69. The van der Waals surface area contributed by atoms with Gasteiger partial charge in [0.2, 0.25) is 5.91 Å². The fourth-order valence-corrected chi connectivity index (χ4v) is 2.21. The molecule has 1 atom stereocenters. The van der Waals surface area contributed by atoms with Crippen LogP contribution in [0.1, 0.15) is 40.5 Å². The topological polar surface area (TPSA) is 32.3 Å². The van der Waals surface area contributed by atoms with Gasteiger partial charge in [-0.05, 0) is 39.2 Å². The van der Waals surface area contributed by atoms with E-state index < -0.39 is 0 Å². The van der Waals surface area contributed by atoms with Gasteiger partial charge >= 0.3 is 0 Å². The van der Waals surface area contributed by atoms with Crippen molar-refractivity contribution in [3.05, 3.63) is 11.6 Å². The van der Waals surface area contributed by atoms with Crippen LogP contribution in [-0.4, -0.2) is 36.5 Å². The molecule has 1 fully saturated rings. The van der Waals surface area contributed by atoms with E-state index in [2.05, 4.69) is 19.2 Å². The molecule has 3 heteroatoms. The molecule has 0 saturated carbocycles. The smallest absolute Gasteiger partial charge is 0.246 e. The van der Waals surface area contributed by atoms with Crippen LogP contribution in [-0.2, 0) is 4.79 Å². The molecule has 1 N–H and O–H groups in total. The third kappa shape index (κ3) is 5.35. The molecule has 1 saturated heterocycles. The van der Waals surface area contributed by atoms with E-state index in [0.29, 0.717) is 12.0 Å². The maximum absolute atomic E-state index is 12.1. The molecule has 1 heterocycles. The molecule has 1 unspecified atom stereocenters. The molecule has 98 valence electrons. The lowest BCUT2D eigenvalue weighted by molar-refractivity contribution is -0.126. The first kappa shape index (κ1) is 14.2. The summed E-state index contributed by atoms with van der Waals surface area (Å²) >= 11 is 0. The average molecular weight is 238 g/mol. The summed E-state index contributed by atoms with van der Waals surface area (Å²) in [4.78, 5) is 14.1. The summed E-state index contributed by atoms with van der Waals surface area (Å²) in [7, 11) is 0. The van der Waals surface area contributed by atoms with Crippen molar-refractivity contribution in [2.45, 2.75) is 46.6 Å². The molecular formula is C14H26N2O. The van der Waals surface area contributed by atoms with Gasteiger partial charge in [-0.2, -0.15) is 0 Å². The molecule has 0 aliphatic carbocycles. The van der Waals surface area contributed by atoms with Crippen LogP contribution in [0.2, 0.25) is 0 Å². The summed E-state index contributed by atoms with van der Waals surface area (Å²) in [5, 5.41) is 3.45. The zero-order valence-corrected chi connectivity index (χ0v) is 11.6. The lowest BCUT2D eigenvalue weighted by Crippen LogP contribution is -2.42. The Morgan fingerprint density at radius 3 is 2.65 bits per heavy atom. The predicted octanol–water partition coefficient (Wildman–Crippen LogP) is 2.19. The van der Waals surface area contributed by atoms with Crippen molar-refractivity contribution in [3.8, 4) is 0 Å². The lowest BCUT2D eigenvalue weighted by Gasteiger charge is -2.26. The molecule has 0 aromatic heterocycles. The molecule has 0 radical (unpaired) electrons. The Balaban J connectivity index is 2.58. The van der Waals surface area contributed by atoms with Crippen molar-refractivity contribution in [1.29, 1.82) is 0 Å². The first-order valence-corrected chi connectivity index (χ1v) is 6.66. The standard InChI is InChI=1S/C14H26N2O/c1-11(2)8-14(17)16(9-12(3)4)10-13-6-5-7-15-13/h8,12-13,15H,5-7,9-10H2,1-4H3. The van der Waals surface area contributed by atoms with E-state index in [-0.39, 0.29) is 5.91 Å². The van der Waals surface area contributed by atoms with Crippen LogP contribution in [0.25, 0.3) is 0 Å². The summed E-state index contributed by atoms with van der Waals surface area (Å²) in [6, 6.07) is 0.489. The summed E-state index contributed by atoms with van der Waals surface area (Å²) in [5.41, 5.74) is 1.07. The Morgan fingerprint density at radius 2 is 2.18 bits per heavy atom. The van der Waals surface area contributed by atoms with Gasteiger partial charge in [-0.25, -0.2) is 0 Å². The first-order valence-electron chi connectivity index (χ1n) is 6.66. The minimum Gasteiger partial charge on any atom is -0.337 e. The second kappa shape index (κ2) is 6.80. The number of nitrogens with one attached hydrogen (secondary N) is 1. The minimum atomic E-state index is 0.160. The first-order chi connectivity index (χ1) is 7.99. The van der Waals surface area contributed by atoms with Crippen molar-refractivity contribution in [1.82, 2.24) is 10.2 Å². The molecule has 1 aliphatic heterocycles. The summed E-state index contributed by atoms with van der Waals surface area (Å²) in [6.07, 6.45) is 4.17. The van der Waals surface area contributed by atoms with Gasteiger partial charge in [-0.1, -0.05) is 19.4 Å². The molecule has 0 spiro atoms. The van der Waals surface area contributed by atoms with E-state index in [0.717, 1.165) is 25.2 Å². The predicted molar refractivity (Wildman–Crippen MR) is 71.9 cm³/mol. The molecule has 0 aromatic carbocycles. The number of amides is 1. The van der Waals surface area contributed by atoms with Crippen molar-refractivity contribution in [2.24, 2.45) is 5.92 Å².